The molecule has 32 heavy (non-hydrogen) atoms. The summed E-state index contributed by atoms with van der Waals surface area (Å²) in [5.41, 5.74) is 2.87. The van der Waals surface area contributed by atoms with Crippen LogP contribution in [0.1, 0.15) is 82.8 Å². The number of fused-ring (bicyclic) bond motifs is 5. The predicted molar refractivity (Wildman–Crippen MR) is 128 cm³/mol. The van der Waals surface area contributed by atoms with E-state index in [0.717, 1.165) is 36.7 Å². The van der Waals surface area contributed by atoms with Crippen molar-refractivity contribution in [2.45, 2.75) is 103 Å². The van der Waals surface area contributed by atoms with Crippen LogP contribution in [0.2, 0.25) is 0 Å². The van der Waals surface area contributed by atoms with Gasteiger partial charge in [0.15, 0.2) is 0 Å². The zero-order valence-electron chi connectivity index (χ0n) is 20.3. The first-order chi connectivity index (χ1) is 15.2. The van der Waals surface area contributed by atoms with Crippen LogP contribution in [-0.2, 0) is 6.42 Å². The topological polar surface area (TPSA) is 60.7 Å². The highest BCUT2D eigenvalue weighted by molar-refractivity contribution is 5.22. The average molecular weight is 441 g/mol. The summed E-state index contributed by atoms with van der Waals surface area (Å²) >= 11 is 0. The van der Waals surface area contributed by atoms with Crippen molar-refractivity contribution in [1.82, 2.24) is 0 Å². The fourth-order valence-electron chi connectivity index (χ4n) is 9.19. The second-order valence-electron chi connectivity index (χ2n) is 12.6. The molecule has 0 unspecified atom stereocenters. The zero-order valence-corrected chi connectivity index (χ0v) is 20.3. The number of aliphatic hydroxyl groups is 3. The van der Waals surface area contributed by atoms with Crippen LogP contribution in [0, 0.1) is 47.3 Å². The van der Waals surface area contributed by atoms with Crippen LogP contribution in [0.15, 0.2) is 24.3 Å². The van der Waals surface area contributed by atoms with Gasteiger partial charge < -0.3 is 15.3 Å². The maximum atomic E-state index is 11.3. The van der Waals surface area contributed by atoms with Crippen molar-refractivity contribution in [3.05, 3.63) is 35.4 Å². The minimum Gasteiger partial charge on any atom is -0.393 e. The van der Waals surface area contributed by atoms with Crippen molar-refractivity contribution in [3.8, 4) is 0 Å². The predicted octanol–water partition coefficient (Wildman–Crippen LogP) is 5.28. The van der Waals surface area contributed by atoms with Gasteiger partial charge >= 0.3 is 0 Å². The van der Waals surface area contributed by atoms with Gasteiger partial charge in [-0.05, 0) is 111 Å². The molecule has 10 atom stereocenters. The molecule has 0 heterocycles. The van der Waals surface area contributed by atoms with Gasteiger partial charge in [0, 0.05) is 6.42 Å². The van der Waals surface area contributed by atoms with Crippen LogP contribution < -0.4 is 0 Å². The number of hydrogen-bond acceptors (Lipinski definition) is 3. The fraction of sp³-hybridized carbons (Fsp3) is 0.793. The summed E-state index contributed by atoms with van der Waals surface area (Å²) in [7, 11) is 0. The number of benzene rings is 1. The van der Waals surface area contributed by atoms with Crippen LogP contribution in [0.3, 0.4) is 0 Å². The first kappa shape index (κ1) is 22.9. The van der Waals surface area contributed by atoms with E-state index in [-0.39, 0.29) is 17.4 Å². The lowest BCUT2D eigenvalue weighted by Crippen LogP contribution is -2.55. The lowest BCUT2D eigenvalue weighted by molar-refractivity contribution is -0.139. The van der Waals surface area contributed by atoms with Crippen LogP contribution >= 0.6 is 0 Å². The van der Waals surface area contributed by atoms with Crippen LogP contribution in [0.4, 0.5) is 0 Å². The lowest BCUT2D eigenvalue weighted by atomic mass is 9.44. The van der Waals surface area contributed by atoms with E-state index in [0.29, 0.717) is 23.7 Å². The van der Waals surface area contributed by atoms with Gasteiger partial charge in [0.1, 0.15) is 0 Å². The normalized spacial score (nSPS) is 45.4. The summed E-state index contributed by atoms with van der Waals surface area (Å²) in [5.74, 6) is 3.11. The summed E-state index contributed by atoms with van der Waals surface area (Å²) in [6.45, 7) is 7.05. The maximum absolute atomic E-state index is 11.3. The van der Waals surface area contributed by atoms with E-state index < -0.39 is 12.2 Å². The molecule has 0 amide bonds. The number of aryl methyl sites for hydroxylation is 1. The van der Waals surface area contributed by atoms with E-state index in [1.54, 1.807) is 0 Å². The molecule has 0 radical (unpaired) electrons. The summed E-state index contributed by atoms with van der Waals surface area (Å²) in [6.07, 6.45) is 9.56. The first-order valence-electron chi connectivity index (χ1n) is 13.3. The van der Waals surface area contributed by atoms with Crippen molar-refractivity contribution in [1.29, 1.82) is 0 Å². The van der Waals surface area contributed by atoms with Gasteiger partial charge in [0.25, 0.3) is 0 Å². The van der Waals surface area contributed by atoms with E-state index in [4.69, 9.17) is 0 Å². The van der Waals surface area contributed by atoms with Gasteiger partial charge in [-0.25, -0.2) is 0 Å². The molecule has 1 aromatic carbocycles. The van der Waals surface area contributed by atoms with Crippen molar-refractivity contribution >= 4 is 0 Å². The molecular weight excluding hydrogens is 396 g/mol. The molecule has 178 valence electrons. The Balaban J connectivity index is 1.31. The van der Waals surface area contributed by atoms with Crippen molar-refractivity contribution in [2.75, 3.05) is 0 Å². The SMILES string of the molecule is Cc1ccc(C[C@H](O)[C@@H](O)[C@H]2CC[C@H]3[C@@H]4CC[C@H]5C[C@@H](O)CC[C@]5(C)[C@H]4CC[C@]23C)cc1. The third-order valence-corrected chi connectivity index (χ3v) is 11.1. The minimum atomic E-state index is -0.691. The van der Waals surface area contributed by atoms with Crippen molar-refractivity contribution in [3.63, 3.8) is 0 Å². The van der Waals surface area contributed by atoms with Crippen LogP contribution in [0.5, 0.6) is 0 Å². The molecule has 4 aliphatic rings. The molecule has 0 spiro atoms. The molecule has 3 N–H and O–H groups in total. The Morgan fingerprint density at radius 2 is 1.56 bits per heavy atom. The summed E-state index contributed by atoms with van der Waals surface area (Å²) in [6, 6.07) is 8.33. The maximum Gasteiger partial charge on any atom is 0.0842 e. The standard InChI is InChI=1S/C29H44O3/c1-18-4-6-19(7-5-18)16-26(31)27(32)25-11-10-23-22-9-8-20-17-21(30)12-14-28(20,2)24(22)13-15-29(23,25)3/h4-7,20-27,30-32H,8-17H2,1-3H3/t20-,21-,22-,23-,24-,25+,26-,27-,28-,29-/m0/s1. The number of aliphatic hydroxyl groups excluding tert-OH is 3. The Bertz CT molecular complexity index is 805. The van der Waals surface area contributed by atoms with Gasteiger partial charge in [0.2, 0.25) is 0 Å². The Labute approximate surface area is 194 Å². The van der Waals surface area contributed by atoms with Gasteiger partial charge in [-0.2, -0.15) is 0 Å². The second kappa shape index (κ2) is 8.40. The van der Waals surface area contributed by atoms with E-state index in [1.807, 2.05) is 0 Å². The molecular formula is C29H44O3. The summed E-state index contributed by atoms with van der Waals surface area (Å²) in [5, 5.41) is 32.6. The largest absolute Gasteiger partial charge is 0.393 e. The molecule has 4 saturated carbocycles. The molecule has 3 heteroatoms. The highest BCUT2D eigenvalue weighted by Crippen LogP contribution is 2.67. The van der Waals surface area contributed by atoms with Gasteiger partial charge in [-0.15, -0.1) is 0 Å². The average Bonchev–Trinajstić information content (AvgIpc) is 3.12. The quantitative estimate of drug-likeness (QED) is 0.597. The fourth-order valence-corrected chi connectivity index (χ4v) is 9.19. The summed E-state index contributed by atoms with van der Waals surface area (Å²) in [4.78, 5) is 0. The second-order valence-corrected chi connectivity index (χ2v) is 12.6. The summed E-state index contributed by atoms with van der Waals surface area (Å²) < 4.78 is 0. The van der Waals surface area contributed by atoms with Crippen molar-refractivity contribution < 1.29 is 15.3 Å². The van der Waals surface area contributed by atoms with E-state index in [2.05, 4.69) is 45.0 Å². The zero-order chi connectivity index (χ0) is 22.7. The Kier molecular flexibility index (Phi) is 6.00. The Morgan fingerprint density at radius 1 is 0.875 bits per heavy atom. The van der Waals surface area contributed by atoms with E-state index in [9.17, 15) is 15.3 Å². The molecule has 0 saturated heterocycles. The Morgan fingerprint density at radius 3 is 2.31 bits per heavy atom. The number of hydrogen-bond donors (Lipinski definition) is 3. The van der Waals surface area contributed by atoms with Gasteiger partial charge in [-0.1, -0.05) is 43.7 Å². The third kappa shape index (κ3) is 3.67. The molecule has 0 aromatic heterocycles. The van der Waals surface area contributed by atoms with Crippen LogP contribution in [0.25, 0.3) is 0 Å². The van der Waals surface area contributed by atoms with Gasteiger partial charge in [-0.3, -0.25) is 0 Å². The molecule has 4 fully saturated rings. The third-order valence-electron chi connectivity index (χ3n) is 11.1. The smallest absolute Gasteiger partial charge is 0.0842 e. The molecule has 4 aliphatic carbocycles. The number of rotatable bonds is 4. The highest BCUT2D eigenvalue weighted by Gasteiger charge is 2.61. The molecule has 1 aromatic rings. The van der Waals surface area contributed by atoms with E-state index in [1.165, 1.54) is 44.1 Å². The molecule has 5 rings (SSSR count). The first-order valence-corrected chi connectivity index (χ1v) is 13.3. The Hall–Kier alpha value is -0.900. The van der Waals surface area contributed by atoms with E-state index >= 15 is 0 Å². The van der Waals surface area contributed by atoms with Crippen LogP contribution in [-0.4, -0.2) is 33.6 Å². The highest BCUT2D eigenvalue weighted by atomic mass is 16.3. The molecule has 3 nitrogen and oxygen atoms in total. The molecule has 0 aliphatic heterocycles. The minimum absolute atomic E-state index is 0.0838. The van der Waals surface area contributed by atoms with Crippen molar-refractivity contribution in [2.24, 2.45) is 40.4 Å². The lowest BCUT2D eigenvalue weighted by Gasteiger charge is -2.61. The van der Waals surface area contributed by atoms with Gasteiger partial charge in [0.05, 0.1) is 18.3 Å². The monoisotopic (exact) mass is 440 g/mol. The molecule has 0 bridgehead atoms.